The van der Waals surface area contributed by atoms with E-state index in [0.717, 1.165) is 49.1 Å². The van der Waals surface area contributed by atoms with Crippen LogP contribution in [0.3, 0.4) is 0 Å². The van der Waals surface area contributed by atoms with E-state index in [2.05, 4.69) is 33.9 Å². The van der Waals surface area contributed by atoms with Crippen molar-refractivity contribution in [2.45, 2.75) is 40.5 Å². The second-order valence-electron chi connectivity index (χ2n) is 7.21. The Morgan fingerprint density at radius 3 is 2.18 bits per heavy atom. The Morgan fingerprint density at radius 1 is 0.879 bits per heavy atom. The van der Waals surface area contributed by atoms with Gasteiger partial charge < -0.3 is 25.4 Å². The molecule has 0 fully saturated rings. The number of carbonyl (C=O) groups is 1. The first-order chi connectivity index (χ1) is 15.5. The van der Waals surface area contributed by atoms with Gasteiger partial charge in [-0.3, -0.25) is 9.79 Å². The van der Waals surface area contributed by atoms with Gasteiger partial charge in [-0.05, 0) is 69.0 Å². The van der Waals surface area contributed by atoms with Crippen LogP contribution in [0, 0.1) is 0 Å². The molecule has 2 rings (SSSR count). The average Bonchev–Trinajstić information content (AvgIpc) is 2.76. The molecule has 8 heteroatoms. The lowest BCUT2D eigenvalue weighted by atomic mass is 10.1. The summed E-state index contributed by atoms with van der Waals surface area (Å²) in [4.78, 5) is 15.8. The molecule has 182 valence electrons. The number of hydrogen-bond donors (Lipinski definition) is 3. The highest BCUT2D eigenvalue weighted by Crippen LogP contribution is 2.28. The molecule has 0 bridgehead atoms. The van der Waals surface area contributed by atoms with Crippen LogP contribution in [0.15, 0.2) is 47.5 Å². The summed E-state index contributed by atoms with van der Waals surface area (Å²) >= 11 is 0. The quantitative estimate of drug-likeness (QED) is 0.201. The molecule has 0 aliphatic carbocycles. The summed E-state index contributed by atoms with van der Waals surface area (Å²) in [5.74, 6) is 2.31. The molecule has 0 aromatic heterocycles. The van der Waals surface area contributed by atoms with Gasteiger partial charge in [0.2, 0.25) is 5.91 Å². The topological polar surface area (TPSA) is 84.0 Å². The fraction of sp³-hybridized carbons (Fsp3) is 0.440. The Labute approximate surface area is 214 Å². The molecular weight excluding hydrogens is 531 g/mol. The van der Waals surface area contributed by atoms with E-state index < -0.39 is 0 Å². The van der Waals surface area contributed by atoms with E-state index in [1.54, 1.807) is 0 Å². The van der Waals surface area contributed by atoms with Gasteiger partial charge in [0.05, 0.1) is 13.2 Å². The molecule has 2 aromatic carbocycles. The monoisotopic (exact) mass is 568 g/mol. The Balaban J connectivity index is 0.00000544. The summed E-state index contributed by atoms with van der Waals surface area (Å²) in [6, 6.07) is 14.0. The number of amides is 1. The van der Waals surface area contributed by atoms with Crippen molar-refractivity contribution in [2.75, 3.05) is 38.2 Å². The summed E-state index contributed by atoms with van der Waals surface area (Å²) in [6.07, 6.45) is 1.68. The molecule has 0 saturated carbocycles. The van der Waals surface area contributed by atoms with Crippen molar-refractivity contribution in [1.82, 2.24) is 10.6 Å². The van der Waals surface area contributed by atoms with Crippen LogP contribution in [-0.4, -0.2) is 44.7 Å². The van der Waals surface area contributed by atoms with Gasteiger partial charge in [0, 0.05) is 32.2 Å². The maximum absolute atomic E-state index is 11.1. The Hall–Kier alpha value is -2.49. The molecule has 0 atom stereocenters. The minimum atomic E-state index is -0.0666. The van der Waals surface area contributed by atoms with Crippen molar-refractivity contribution in [1.29, 1.82) is 0 Å². The third kappa shape index (κ3) is 10.8. The third-order valence-electron chi connectivity index (χ3n) is 4.60. The number of hydrogen-bond acceptors (Lipinski definition) is 4. The van der Waals surface area contributed by atoms with Gasteiger partial charge >= 0.3 is 0 Å². The van der Waals surface area contributed by atoms with E-state index >= 15 is 0 Å². The maximum Gasteiger partial charge on any atom is 0.221 e. The standard InChI is InChI=1S/C25H36N4O3.HI/c1-5-26-25(27-16-14-20-8-11-22(12-9-20)29-19(4)30)28-17-15-21-10-13-23(31-6-2)24(18-21)32-7-3;/h8-13,18H,5-7,14-17H2,1-4H3,(H,29,30)(H2,26,27,28);1H. The van der Waals surface area contributed by atoms with E-state index in [1.807, 2.05) is 50.2 Å². The molecule has 0 heterocycles. The molecule has 3 N–H and O–H groups in total. The lowest BCUT2D eigenvalue weighted by Gasteiger charge is -2.14. The Bertz CT molecular complexity index is 872. The fourth-order valence-electron chi connectivity index (χ4n) is 3.17. The second kappa shape index (κ2) is 16.2. The number of anilines is 1. The molecule has 33 heavy (non-hydrogen) atoms. The smallest absolute Gasteiger partial charge is 0.221 e. The number of carbonyl (C=O) groups excluding carboxylic acids is 1. The zero-order valence-electron chi connectivity index (χ0n) is 20.1. The van der Waals surface area contributed by atoms with Crippen molar-refractivity contribution >= 4 is 41.5 Å². The van der Waals surface area contributed by atoms with Crippen molar-refractivity contribution in [3.05, 3.63) is 53.6 Å². The molecule has 0 spiro atoms. The highest BCUT2D eigenvalue weighted by Gasteiger charge is 2.06. The zero-order chi connectivity index (χ0) is 23.2. The van der Waals surface area contributed by atoms with Crippen LogP contribution < -0.4 is 25.4 Å². The van der Waals surface area contributed by atoms with E-state index in [0.29, 0.717) is 19.8 Å². The minimum Gasteiger partial charge on any atom is -0.490 e. The van der Waals surface area contributed by atoms with Crippen molar-refractivity contribution < 1.29 is 14.3 Å². The molecular formula is C25H37IN4O3. The molecule has 0 unspecified atom stereocenters. The van der Waals surface area contributed by atoms with Gasteiger partial charge in [0.25, 0.3) is 0 Å². The lowest BCUT2D eigenvalue weighted by Crippen LogP contribution is -2.38. The first kappa shape index (κ1) is 28.5. The van der Waals surface area contributed by atoms with Crippen molar-refractivity contribution in [3.63, 3.8) is 0 Å². The Kier molecular flexibility index (Phi) is 14.0. The number of ether oxygens (including phenoxy) is 2. The first-order valence-corrected chi connectivity index (χ1v) is 11.3. The van der Waals surface area contributed by atoms with Crippen molar-refractivity contribution in [3.8, 4) is 11.5 Å². The van der Waals surface area contributed by atoms with Crippen molar-refractivity contribution in [2.24, 2.45) is 4.99 Å². The average molecular weight is 569 g/mol. The molecule has 0 aliphatic heterocycles. The number of benzene rings is 2. The summed E-state index contributed by atoms with van der Waals surface area (Å²) in [5, 5.41) is 9.46. The number of rotatable bonds is 12. The van der Waals surface area contributed by atoms with Crippen LogP contribution in [0.25, 0.3) is 0 Å². The maximum atomic E-state index is 11.1. The number of nitrogens with zero attached hydrogens (tertiary/aromatic N) is 1. The Morgan fingerprint density at radius 2 is 1.55 bits per heavy atom. The minimum absolute atomic E-state index is 0. The summed E-state index contributed by atoms with van der Waals surface area (Å²) in [7, 11) is 0. The van der Waals surface area contributed by atoms with Gasteiger partial charge in [-0.15, -0.1) is 24.0 Å². The third-order valence-corrected chi connectivity index (χ3v) is 4.60. The fourth-order valence-corrected chi connectivity index (χ4v) is 3.17. The van der Waals surface area contributed by atoms with Crippen LogP contribution in [-0.2, 0) is 17.6 Å². The highest BCUT2D eigenvalue weighted by molar-refractivity contribution is 14.0. The largest absolute Gasteiger partial charge is 0.490 e. The number of nitrogens with one attached hydrogen (secondary N) is 3. The lowest BCUT2D eigenvalue weighted by molar-refractivity contribution is -0.114. The first-order valence-electron chi connectivity index (χ1n) is 11.3. The normalized spacial score (nSPS) is 10.7. The zero-order valence-corrected chi connectivity index (χ0v) is 22.4. The van der Waals surface area contributed by atoms with Gasteiger partial charge in [0.15, 0.2) is 17.5 Å². The molecule has 0 saturated heterocycles. The molecule has 7 nitrogen and oxygen atoms in total. The van der Waals surface area contributed by atoms with E-state index in [4.69, 9.17) is 9.47 Å². The number of guanidine groups is 1. The summed E-state index contributed by atoms with van der Waals surface area (Å²) in [6.45, 7) is 11.0. The molecule has 0 radical (unpaired) electrons. The SMILES string of the molecule is CCNC(=NCCc1ccc(NC(C)=O)cc1)NCCc1ccc(OCC)c(OCC)c1.I. The van der Waals surface area contributed by atoms with Crippen LogP contribution in [0.1, 0.15) is 38.8 Å². The van der Waals surface area contributed by atoms with Crippen LogP contribution in [0.5, 0.6) is 11.5 Å². The van der Waals surface area contributed by atoms with Crippen LogP contribution in [0.4, 0.5) is 5.69 Å². The van der Waals surface area contributed by atoms with Crippen LogP contribution >= 0.6 is 24.0 Å². The molecule has 0 aliphatic rings. The summed E-state index contributed by atoms with van der Waals surface area (Å²) < 4.78 is 11.4. The molecule has 1 amide bonds. The number of aliphatic imine (C=N–C) groups is 1. The van der Waals surface area contributed by atoms with Gasteiger partial charge in [0.1, 0.15) is 0 Å². The van der Waals surface area contributed by atoms with Gasteiger partial charge in [-0.1, -0.05) is 18.2 Å². The van der Waals surface area contributed by atoms with Gasteiger partial charge in [-0.25, -0.2) is 0 Å². The number of halogens is 1. The molecule has 2 aromatic rings. The van der Waals surface area contributed by atoms with E-state index in [-0.39, 0.29) is 29.9 Å². The van der Waals surface area contributed by atoms with E-state index in [1.165, 1.54) is 18.1 Å². The van der Waals surface area contributed by atoms with E-state index in [9.17, 15) is 4.79 Å². The highest BCUT2D eigenvalue weighted by atomic mass is 127. The predicted octanol–water partition coefficient (Wildman–Crippen LogP) is 4.40. The summed E-state index contributed by atoms with van der Waals surface area (Å²) in [5.41, 5.74) is 3.16. The van der Waals surface area contributed by atoms with Gasteiger partial charge in [-0.2, -0.15) is 0 Å². The van der Waals surface area contributed by atoms with Crippen LogP contribution in [0.2, 0.25) is 0 Å². The second-order valence-corrected chi connectivity index (χ2v) is 7.21. The predicted molar refractivity (Wildman–Crippen MR) is 146 cm³/mol.